The minimum absolute atomic E-state index is 0.0273. The summed E-state index contributed by atoms with van der Waals surface area (Å²) in [5.74, 6) is 0.0273. The molecule has 102 valence electrons. The van der Waals surface area contributed by atoms with Crippen LogP contribution < -0.4 is 15.4 Å². The van der Waals surface area contributed by atoms with E-state index in [4.69, 9.17) is 5.14 Å². The minimum Gasteiger partial charge on any atom is -0.378 e. The summed E-state index contributed by atoms with van der Waals surface area (Å²) in [7, 11) is 0.671. The lowest BCUT2D eigenvalue weighted by Gasteiger charge is -2.12. The lowest BCUT2D eigenvalue weighted by molar-refractivity contribution is 0.590. The second kappa shape index (κ2) is 6.72. The van der Waals surface area contributed by atoms with E-state index >= 15 is 0 Å². The fourth-order valence-corrected chi connectivity index (χ4v) is 2.09. The summed E-state index contributed by atoms with van der Waals surface area (Å²) >= 11 is 0. The fraction of sp³-hybridized carbons (Fsp3) is 0.500. The highest BCUT2D eigenvalue weighted by atomic mass is 32.2. The van der Waals surface area contributed by atoms with Gasteiger partial charge in [0.1, 0.15) is 0 Å². The van der Waals surface area contributed by atoms with Crippen LogP contribution in [0.3, 0.4) is 0 Å². The molecular formula is C12H21N3O2S. The molecule has 1 aromatic rings. The second-order valence-corrected chi connectivity index (χ2v) is 6.19. The Bertz CT molecular complexity index is 455. The van der Waals surface area contributed by atoms with Crippen molar-refractivity contribution in [2.75, 3.05) is 31.3 Å². The summed E-state index contributed by atoms with van der Waals surface area (Å²) < 4.78 is 21.4. The van der Waals surface area contributed by atoms with Crippen LogP contribution in [0.25, 0.3) is 0 Å². The van der Waals surface area contributed by atoms with Crippen LogP contribution in [0.15, 0.2) is 24.3 Å². The Morgan fingerprint density at radius 2 is 1.83 bits per heavy atom. The van der Waals surface area contributed by atoms with Crippen molar-refractivity contribution in [2.24, 2.45) is 5.14 Å². The lowest BCUT2D eigenvalue weighted by Crippen LogP contribution is -2.22. The van der Waals surface area contributed by atoms with Crippen LogP contribution in [-0.4, -0.2) is 34.8 Å². The number of rotatable bonds is 7. The Balaban J connectivity index is 2.27. The first-order valence-electron chi connectivity index (χ1n) is 5.86. The van der Waals surface area contributed by atoms with E-state index in [9.17, 15) is 8.42 Å². The number of nitrogens with zero attached hydrogens (tertiary/aromatic N) is 1. The lowest BCUT2D eigenvalue weighted by atomic mass is 10.2. The molecule has 0 amide bonds. The molecule has 0 bridgehead atoms. The molecule has 0 saturated carbocycles. The molecule has 0 fully saturated rings. The topological polar surface area (TPSA) is 75.4 Å². The Labute approximate surface area is 109 Å². The first-order valence-corrected chi connectivity index (χ1v) is 7.57. The van der Waals surface area contributed by atoms with Gasteiger partial charge in [-0.15, -0.1) is 0 Å². The summed E-state index contributed by atoms with van der Waals surface area (Å²) in [5.41, 5.74) is 2.34. The van der Waals surface area contributed by atoms with Gasteiger partial charge in [0.15, 0.2) is 0 Å². The summed E-state index contributed by atoms with van der Waals surface area (Å²) in [6, 6.07) is 8.23. The molecule has 0 aliphatic carbocycles. The van der Waals surface area contributed by atoms with Crippen molar-refractivity contribution in [3.8, 4) is 0 Å². The van der Waals surface area contributed by atoms with Gasteiger partial charge in [0.2, 0.25) is 10.0 Å². The number of hydrogen-bond acceptors (Lipinski definition) is 4. The van der Waals surface area contributed by atoms with E-state index in [1.165, 1.54) is 5.56 Å². The molecule has 0 saturated heterocycles. The highest BCUT2D eigenvalue weighted by molar-refractivity contribution is 7.89. The van der Waals surface area contributed by atoms with Crippen molar-refractivity contribution in [1.29, 1.82) is 0 Å². The second-order valence-electron chi connectivity index (χ2n) is 4.46. The molecule has 3 N–H and O–H groups in total. The van der Waals surface area contributed by atoms with E-state index in [1.54, 1.807) is 0 Å². The third-order valence-corrected chi connectivity index (χ3v) is 3.42. The highest BCUT2D eigenvalue weighted by Crippen LogP contribution is 2.11. The summed E-state index contributed by atoms with van der Waals surface area (Å²) in [5, 5.41) is 8.10. The molecule has 0 heterocycles. The van der Waals surface area contributed by atoms with Crippen LogP contribution in [0, 0.1) is 0 Å². The van der Waals surface area contributed by atoms with Crippen molar-refractivity contribution in [3.63, 3.8) is 0 Å². The summed E-state index contributed by atoms with van der Waals surface area (Å²) in [4.78, 5) is 2.04. The maximum Gasteiger partial charge on any atom is 0.209 e. The molecule has 18 heavy (non-hydrogen) atoms. The zero-order valence-electron chi connectivity index (χ0n) is 10.9. The van der Waals surface area contributed by atoms with Gasteiger partial charge < -0.3 is 10.2 Å². The molecule has 0 aliphatic heterocycles. The van der Waals surface area contributed by atoms with Gasteiger partial charge >= 0.3 is 0 Å². The predicted octanol–water partition coefficient (Wildman–Crippen LogP) is 0.521. The average molecular weight is 271 g/mol. The molecule has 1 aromatic carbocycles. The van der Waals surface area contributed by atoms with Gasteiger partial charge in [0.05, 0.1) is 5.75 Å². The van der Waals surface area contributed by atoms with Crippen LogP contribution in [0.4, 0.5) is 5.69 Å². The Kier molecular flexibility index (Phi) is 5.58. The largest absolute Gasteiger partial charge is 0.378 e. The van der Waals surface area contributed by atoms with E-state index in [1.807, 2.05) is 19.0 Å². The standard InChI is InChI=1S/C12H21N3O2S/c1-15(2)12-6-4-11(5-7-12)10-14-8-3-9-18(13,16)17/h4-7,14H,3,8-10H2,1-2H3,(H2,13,16,17). The van der Waals surface area contributed by atoms with Gasteiger partial charge in [-0.2, -0.15) is 0 Å². The Morgan fingerprint density at radius 3 is 2.33 bits per heavy atom. The molecule has 6 heteroatoms. The normalized spacial score (nSPS) is 11.5. The molecule has 0 radical (unpaired) electrons. The molecule has 1 rings (SSSR count). The van der Waals surface area contributed by atoms with Gasteiger partial charge in [0, 0.05) is 26.3 Å². The zero-order chi connectivity index (χ0) is 13.6. The Morgan fingerprint density at radius 1 is 1.22 bits per heavy atom. The molecular weight excluding hydrogens is 250 g/mol. The molecule has 0 unspecified atom stereocenters. The quantitative estimate of drug-likeness (QED) is 0.709. The van der Waals surface area contributed by atoms with E-state index in [-0.39, 0.29) is 5.75 Å². The third kappa shape index (κ3) is 6.00. The van der Waals surface area contributed by atoms with Gasteiger partial charge in [-0.05, 0) is 30.7 Å². The molecule has 0 spiro atoms. The smallest absolute Gasteiger partial charge is 0.209 e. The number of anilines is 1. The first kappa shape index (κ1) is 14.9. The van der Waals surface area contributed by atoms with Crippen LogP contribution in [0.5, 0.6) is 0 Å². The molecule has 0 atom stereocenters. The minimum atomic E-state index is -3.33. The monoisotopic (exact) mass is 271 g/mol. The SMILES string of the molecule is CN(C)c1ccc(CNCCCS(N)(=O)=O)cc1. The number of hydrogen-bond donors (Lipinski definition) is 2. The number of nitrogens with two attached hydrogens (primary N) is 1. The third-order valence-electron chi connectivity index (χ3n) is 2.56. The average Bonchev–Trinajstić information content (AvgIpc) is 2.27. The van der Waals surface area contributed by atoms with Crippen molar-refractivity contribution in [1.82, 2.24) is 5.32 Å². The molecule has 5 nitrogen and oxygen atoms in total. The molecule has 0 aliphatic rings. The van der Waals surface area contributed by atoms with E-state index in [0.29, 0.717) is 13.0 Å². The first-order chi connectivity index (χ1) is 8.38. The van der Waals surface area contributed by atoms with E-state index in [0.717, 1.165) is 12.2 Å². The summed E-state index contributed by atoms with van der Waals surface area (Å²) in [6.07, 6.45) is 0.536. The van der Waals surface area contributed by atoms with Gasteiger partial charge in [0.25, 0.3) is 0 Å². The van der Waals surface area contributed by atoms with Crippen molar-refractivity contribution < 1.29 is 8.42 Å². The van der Waals surface area contributed by atoms with Crippen LogP contribution in [-0.2, 0) is 16.6 Å². The maximum absolute atomic E-state index is 10.7. The van der Waals surface area contributed by atoms with Crippen LogP contribution >= 0.6 is 0 Å². The highest BCUT2D eigenvalue weighted by Gasteiger charge is 2.01. The van der Waals surface area contributed by atoms with E-state index < -0.39 is 10.0 Å². The van der Waals surface area contributed by atoms with Gasteiger partial charge in [-0.25, -0.2) is 13.6 Å². The predicted molar refractivity (Wildman–Crippen MR) is 75.1 cm³/mol. The number of sulfonamides is 1. The molecule has 0 aromatic heterocycles. The number of nitrogens with one attached hydrogen (secondary N) is 1. The van der Waals surface area contributed by atoms with Gasteiger partial charge in [-0.1, -0.05) is 12.1 Å². The number of benzene rings is 1. The van der Waals surface area contributed by atoms with Gasteiger partial charge in [-0.3, -0.25) is 0 Å². The van der Waals surface area contributed by atoms with E-state index in [2.05, 4.69) is 29.6 Å². The fourth-order valence-electron chi connectivity index (χ4n) is 1.54. The van der Waals surface area contributed by atoms with Crippen LogP contribution in [0.1, 0.15) is 12.0 Å². The Hall–Kier alpha value is -1.11. The summed E-state index contributed by atoms with van der Waals surface area (Å²) in [6.45, 7) is 1.38. The van der Waals surface area contributed by atoms with Crippen molar-refractivity contribution in [2.45, 2.75) is 13.0 Å². The maximum atomic E-state index is 10.7. The zero-order valence-corrected chi connectivity index (χ0v) is 11.7. The van der Waals surface area contributed by atoms with Crippen molar-refractivity contribution in [3.05, 3.63) is 29.8 Å². The van der Waals surface area contributed by atoms with Crippen LogP contribution in [0.2, 0.25) is 0 Å². The van der Waals surface area contributed by atoms with Crippen molar-refractivity contribution >= 4 is 15.7 Å². The number of primary sulfonamides is 1.